The van der Waals surface area contributed by atoms with Crippen molar-refractivity contribution in [3.05, 3.63) is 29.8 Å². The highest BCUT2D eigenvalue weighted by Gasteiger charge is 2.31. The van der Waals surface area contributed by atoms with Crippen molar-refractivity contribution >= 4 is 17.5 Å². The van der Waals surface area contributed by atoms with E-state index < -0.39 is 6.04 Å². The molecule has 0 aliphatic carbocycles. The van der Waals surface area contributed by atoms with E-state index in [4.69, 9.17) is 0 Å². The van der Waals surface area contributed by atoms with Crippen LogP contribution in [0, 0.1) is 5.92 Å². The molecule has 4 nitrogen and oxygen atoms in total. The average Bonchev–Trinajstić information content (AvgIpc) is 2.55. The van der Waals surface area contributed by atoms with Crippen LogP contribution in [0.15, 0.2) is 24.3 Å². The van der Waals surface area contributed by atoms with Crippen LogP contribution in [0.1, 0.15) is 25.5 Å². The summed E-state index contributed by atoms with van der Waals surface area (Å²) in [5.41, 5.74) is 1.61. The Bertz CT molecular complexity index is 440. The summed E-state index contributed by atoms with van der Waals surface area (Å²) in [6.45, 7) is 3.60. The second-order valence-electron chi connectivity index (χ2n) is 4.17. The highest BCUT2D eigenvalue weighted by Crippen LogP contribution is 2.30. The van der Waals surface area contributed by atoms with Gasteiger partial charge in [-0.2, -0.15) is 0 Å². The van der Waals surface area contributed by atoms with Crippen molar-refractivity contribution in [1.82, 2.24) is 5.32 Å². The van der Waals surface area contributed by atoms with Crippen LogP contribution in [0.2, 0.25) is 0 Å². The molecule has 0 spiro atoms. The molecule has 2 rings (SSSR count). The van der Waals surface area contributed by atoms with E-state index in [2.05, 4.69) is 10.6 Å². The number of anilines is 1. The number of benzene rings is 1. The number of fused-ring (bicyclic) bond motifs is 1. The molecule has 16 heavy (non-hydrogen) atoms. The highest BCUT2D eigenvalue weighted by atomic mass is 16.2. The Morgan fingerprint density at radius 1 is 1.38 bits per heavy atom. The van der Waals surface area contributed by atoms with Gasteiger partial charge >= 0.3 is 0 Å². The Kier molecular flexibility index (Phi) is 2.64. The molecule has 1 heterocycles. The van der Waals surface area contributed by atoms with Crippen molar-refractivity contribution in [2.45, 2.75) is 19.9 Å². The largest absolute Gasteiger partial charge is 0.340 e. The van der Waals surface area contributed by atoms with Crippen LogP contribution in [0.4, 0.5) is 5.69 Å². The molecule has 84 valence electrons. The zero-order chi connectivity index (χ0) is 11.7. The third-order valence-corrected chi connectivity index (χ3v) is 2.60. The molecule has 1 atom stereocenters. The normalized spacial score (nSPS) is 18.2. The molecule has 1 aliphatic heterocycles. The van der Waals surface area contributed by atoms with Gasteiger partial charge in [0.25, 0.3) is 5.91 Å². The van der Waals surface area contributed by atoms with Gasteiger partial charge in [-0.25, -0.2) is 0 Å². The number of amides is 2. The minimum absolute atomic E-state index is 0.114. The number of carbonyl (C=O) groups excluding carboxylic acids is 2. The van der Waals surface area contributed by atoms with E-state index >= 15 is 0 Å². The maximum atomic E-state index is 11.7. The van der Waals surface area contributed by atoms with Gasteiger partial charge in [0.1, 0.15) is 6.04 Å². The summed E-state index contributed by atoms with van der Waals surface area (Å²) in [7, 11) is 0. The first-order chi connectivity index (χ1) is 7.59. The van der Waals surface area contributed by atoms with Crippen LogP contribution >= 0.6 is 0 Å². The number of hydrogen-bond acceptors (Lipinski definition) is 2. The first kappa shape index (κ1) is 10.7. The van der Waals surface area contributed by atoms with Crippen LogP contribution < -0.4 is 10.6 Å². The van der Waals surface area contributed by atoms with Crippen molar-refractivity contribution < 1.29 is 9.59 Å². The Morgan fingerprint density at radius 2 is 2.06 bits per heavy atom. The van der Waals surface area contributed by atoms with Gasteiger partial charge < -0.3 is 10.6 Å². The fraction of sp³-hybridized carbons (Fsp3) is 0.333. The number of nitrogens with one attached hydrogen (secondary N) is 2. The molecular formula is C12H14N2O2. The summed E-state index contributed by atoms with van der Waals surface area (Å²) in [4.78, 5) is 23.2. The number of para-hydroxylation sites is 1. The molecule has 0 bridgehead atoms. The first-order valence-electron chi connectivity index (χ1n) is 5.29. The first-order valence-corrected chi connectivity index (χ1v) is 5.29. The summed E-state index contributed by atoms with van der Waals surface area (Å²) < 4.78 is 0. The summed E-state index contributed by atoms with van der Waals surface area (Å²) in [5, 5.41) is 5.47. The molecule has 1 unspecified atom stereocenters. The maximum Gasteiger partial charge on any atom is 0.251 e. The van der Waals surface area contributed by atoms with Gasteiger partial charge in [-0.3, -0.25) is 9.59 Å². The van der Waals surface area contributed by atoms with E-state index in [1.807, 2.05) is 24.3 Å². The average molecular weight is 218 g/mol. The predicted octanol–water partition coefficient (Wildman–Crippen LogP) is 1.45. The molecule has 0 fully saturated rings. The van der Waals surface area contributed by atoms with E-state index in [0.717, 1.165) is 11.3 Å². The van der Waals surface area contributed by atoms with E-state index in [1.165, 1.54) is 0 Å². The molecule has 0 saturated carbocycles. The highest BCUT2D eigenvalue weighted by molar-refractivity contribution is 6.04. The Balaban J connectivity index is 2.23. The summed E-state index contributed by atoms with van der Waals surface area (Å²) in [5.74, 6) is -0.410. The quantitative estimate of drug-likeness (QED) is 0.789. The van der Waals surface area contributed by atoms with Crippen LogP contribution in [0.5, 0.6) is 0 Å². The minimum atomic E-state index is -0.550. The molecule has 1 aromatic rings. The Morgan fingerprint density at radius 3 is 2.75 bits per heavy atom. The molecule has 0 radical (unpaired) electrons. The van der Waals surface area contributed by atoms with Crippen molar-refractivity contribution in [3.63, 3.8) is 0 Å². The molecule has 2 amide bonds. The third-order valence-electron chi connectivity index (χ3n) is 2.60. The lowest BCUT2D eigenvalue weighted by molar-refractivity contribution is -0.128. The minimum Gasteiger partial charge on any atom is -0.340 e. The molecule has 1 aliphatic rings. The smallest absolute Gasteiger partial charge is 0.251 e. The van der Waals surface area contributed by atoms with Gasteiger partial charge in [0, 0.05) is 17.2 Å². The van der Waals surface area contributed by atoms with Gasteiger partial charge in [-0.15, -0.1) is 0 Å². The van der Waals surface area contributed by atoms with E-state index in [9.17, 15) is 9.59 Å². The molecule has 4 heteroatoms. The van der Waals surface area contributed by atoms with Gasteiger partial charge in [0.05, 0.1) is 0 Å². The lowest BCUT2D eigenvalue weighted by atomic mass is 10.1. The Hall–Kier alpha value is -1.84. The lowest BCUT2D eigenvalue weighted by Crippen LogP contribution is -2.35. The molecule has 0 aromatic heterocycles. The summed E-state index contributed by atoms with van der Waals surface area (Å²) in [6.07, 6.45) is 0. The lowest BCUT2D eigenvalue weighted by Gasteiger charge is -2.13. The van der Waals surface area contributed by atoms with Crippen molar-refractivity contribution in [3.8, 4) is 0 Å². The molecule has 2 N–H and O–H groups in total. The van der Waals surface area contributed by atoms with E-state index in [-0.39, 0.29) is 17.7 Å². The van der Waals surface area contributed by atoms with E-state index in [1.54, 1.807) is 13.8 Å². The standard InChI is InChI=1S/C12H14N2O2/c1-7(2)11(15)14-10-8-5-3-4-6-9(8)13-12(10)16/h3-7,10H,1-2H3,(H,13,16)(H,14,15). The predicted molar refractivity (Wildman–Crippen MR) is 60.8 cm³/mol. The Labute approximate surface area is 94.0 Å². The van der Waals surface area contributed by atoms with Gasteiger partial charge in [-0.1, -0.05) is 32.0 Å². The number of carbonyl (C=O) groups is 2. The summed E-state index contributed by atoms with van der Waals surface area (Å²) >= 11 is 0. The molecular weight excluding hydrogens is 204 g/mol. The van der Waals surface area contributed by atoms with Gasteiger partial charge in [0.15, 0.2) is 0 Å². The monoisotopic (exact) mass is 218 g/mol. The zero-order valence-corrected chi connectivity index (χ0v) is 9.28. The summed E-state index contributed by atoms with van der Waals surface area (Å²) in [6, 6.07) is 6.83. The van der Waals surface area contributed by atoms with Crippen molar-refractivity contribution in [2.24, 2.45) is 5.92 Å². The van der Waals surface area contributed by atoms with Crippen molar-refractivity contribution in [1.29, 1.82) is 0 Å². The SMILES string of the molecule is CC(C)C(=O)NC1C(=O)Nc2ccccc21. The van der Waals surface area contributed by atoms with Crippen LogP contribution in [-0.2, 0) is 9.59 Å². The number of rotatable bonds is 2. The fourth-order valence-electron chi connectivity index (χ4n) is 1.66. The fourth-order valence-corrected chi connectivity index (χ4v) is 1.66. The number of hydrogen-bond donors (Lipinski definition) is 2. The topological polar surface area (TPSA) is 58.2 Å². The molecule has 1 aromatic carbocycles. The van der Waals surface area contributed by atoms with Crippen molar-refractivity contribution in [2.75, 3.05) is 5.32 Å². The van der Waals surface area contributed by atoms with Gasteiger partial charge in [0.2, 0.25) is 5.91 Å². The zero-order valence-electron chi connectivity index (χ0n) is 9.28. The van der Waals surface area contributed by atoms with Crippen LogP contribution in [-0.4, -0.2) is 11.8 Å². The molecule has 0 saturated heterocycles. The second-order valence-corrected chi connectivity index (χ2v) is 4.17. The van der Waals surface area contributed by atoms with Crippen LogP contribution in [0.3, 0.4) is 0 Å². The third kappa shape index (κ3) is 1.78. The second kappa shape index (κ2) is 3.96. The van der Waals surface area contributed by atoms with Crippen LogP contribution in [0.25, 0.3) is 0 Å². The maximum absolute atomic E-state index is 11.7. The van der Waals surface area contributed by atoms with Gasteiger partial charge in [-0.05, 0) is 6.07 Å². The van der Waals surface area contributed by atoms with E-state index in [0.29, 0.717) is 0 Å².